The van der Waals surface area contributed by atoms with Crippen molar-refractivity contribution >= 4 is 45.8 Å². The second kappa shape index (κ2) is 8.23. The lowest BCUT2D eigenvalue weighted by atomic mass is 10.1. The highest BCUT2D eigenvalue weighted by atomic mass is 35.5. The predicted octanol–water partition coefficient (Wildman–Crippen LogP) is 2.48. The van der Waals surface area contributed by atoms with E-state index in [1.54, 1.807) is 4.90 Å². The van der Waals surface area contributed by atoms with E-state index in [0.717, 1.165) is 27.4 Å². The molecule has 3 aromatic rings. The number of aryl methyl sites for hydroxylation is 1. The van der Waals surface area contributed by atoms with Gasteiger partial charge in [0.25, 0.3) is 11.5 Å². The van der Waals surface area contributed by atoms with Crippen molar-refractivity contribution in [3.8, 4) is 0 Å². The first kappa shape index (κ1) is 20.6. The summed E-state index contributed by atoms with van der Waals surface area (Å²) in [6.07, 6.45) is 0.654. The zero-order valence-corrected chi connectivity index (χ0v) is 18.3. The predicted molar refractivity (Wildman–Crippen MR) is 119 cm³/mol. The van der Waals surface area contributed by atoms with E-state index in [1.165, 1.54) is 0 Å². The summed E-state index contributed by atoms with van der Waals surface area (Å²) >= 11 is 7.10. The van der Waals surface area contributed by atoms with Gasteiger partial charge >= 0.3 is 5.69 Å². The van der Waals surface area contributed by atoms with Crippen molar-refractivity contribution in [3.05, 3.63) is 54.5 Å². The van der Waals surface area contributed by atoms with Gasteiger partial charge in [0.1, 0.15) is 4.88 Å². The molecule has 1 aliphatic heterocycles. The Morgan fingerprint density at radius 1 is 1.23 bits per heavy atom. The molecule has 1 saturated heterocycles. The second-order valence-corrected chi connectivity index (χ2v) is 8.54. The molecule has 8 nitrogen and oxygen atoms in total. The van der Waals surface area contributed by atoms with Crippen molar-refractivity contribution in [2.75, 3.05) is 31.1 Å². The number of nitrogens with one attached hydrogen (secondary N) is 1. The van der Waals surface area contributed by atoms with Gasteiger partial charge in [-0.3, -0.25) is 14.2 Å². The summed E-state index contributed by atoms with van der Waals surface area (Å²) in [5.41, 5.74) is 1.62. The molecule has 0 bridgehead atoms. The standard InChI is InChI=1S/C20H22ClN5O3S/c1-3-6-26-18(27)16-15(22-20(26)29)17(30-23-16)19(28)25-9-7-24(8-10-25)14-11-13(21)5-4-12(14)2/h4-5,11H,3,6-10H2,1-2H3,(H,22,29). The third-order valence-corrected chi connectivity index (χ3v) is 6.41. The Balaban J connectivity index is 1.56. The highest BCUT2D eigenvalue weighted by molar-refractivity contribution is 7.09. The average molecular weight is 448 g/mol. The van der Waals surface area contributed by atoms with E-state index in [9.17, 15) is 14.4 Å². The van der Waals surface area contributed by atoms with E-state index < -0.39 is 11.2 Å². The van der Waals surface area contributed by atoms with Gasteiger partial charge in [-0.05, 0) is 42.6 Å². The number of anilines is 1. The first-order valence-electron chi connectivity index (χ1n) is 9.83. The summed E-state index contributed by atoms with van der Waals surface area (Å²) in [4.78, 5) is 44.9. The zero-order chi connectivity index (χ0) is 21.4. The van der Waals surface area contributed by atoms with Crippen LogP contribution in [-0.2, 0) is 6.54 Å². The van der Waals surface area contributed by atoms with Crippen molar-refractivity contribution in [1.29, 1.82) is 0 Å². The summed E-state index contributed by atoms with van der Waals surface area (Å²) in [5, 5.41) is 0.683. The lowest BCUT2D eigenvalue weighted by molar-refractivity contribution is 0.0753. The molecule has 3 heterocycles. The summed E-state index contributed by atoms with van der Waals surface area (Å²) in [7, 11) is 0. The monoisotopic (exact) mass is 447 g/mol. The van der Waals surface area contributed by atoms with Crippen LogP contribution in [0.1, 0.15) is 28.6 Å². The van der Waals surface area contributed by atoms with Crippen molar-refractivity contribution in [1.82, 2.24) is 18.8 Å². The number of aromatic nitrogens is 3. The van der Waals surface area contributed by atoms with E-state index in [1.807, 2.05) is 32.0 Å². The summed E-state index contributed by atoms with van der Waals surface area (Å²) in [6, 6.07) is 5.79. The number of piperazine rings is 1. The van der Waals surface area contributed by atoms with Gasteiger partial charge in [-0.1, -0.05) is 24.6 Å². The van der Waals surface area contributed by atoms with Crippen molar-refractivity contribution in [3.63, 3.8) is 0 Å². The molecule has 0 aliphatic carbocycles. The average Bonchev–Trinajstić information content (AvgIpc) is 3.16. The molecule has 1 fully saturated rings. The number of nitrogens with zero attached hydrogens (tertiary/aromatic N) is 4. The largest absolute Gasteiger partial charge is 0.368 e. The second-order valence-electron chi connectivity index (χ2n) is 7.33. The number of fused-ring (bicyclic) bond motifs is 1. The molecule has 0 radical (unpaired) electrons. The summed E-state index contributed by atoms with van der Waals surface area (Å²) in [6.45, 7) is 6.64. The van der Waals surface area contributed by atoms with Gasteiger partial charge in [0.2, 0.25) is 0 Å². The van der Waals surface area contributed by atoms with Crippen molar-refractivity contribution in [2.24, 2.45) is 0 Å². The van der Waals surface area contributed by atoms with Crippen LogP contribution in [0.25, 0.3) is 11.0 Å². The van der Waals surface area contributed by atoms with Crippen LogP contribution in [0.2, 0.25) is 5.02 Å². The Morgan fingerprint density at radius 2 is 1.97 bits per heavy atom. The van der Waals surface area contributed by atoms with Gasteiger partial charge in [0.15, 0.2) is 5.52 Å². The fourth-order valence-electron chi connectivity index (χ4n) is 3.74. The van der Waals surface area contributed by atoms with Crippen LogP contribution in [0, 0.1) is 6.92 Å². The van der Waals surface area contributed by atoms with Gasteiger partial charge in [-0.25, -0.2) is 4.79 Å². The SMILES string of the molecule is CCCn1c(=O)[nH]c2c(C(=O)N3CCN(c4cc(Cl)ccc4C)CC3)snc2c1=O. The minimum absolute atomic E-state index is 0.143. The Hall–Kier alpha value is -2.65. The van der Waals surface area contributed by atoms with Crippen LogP contribution in [-0.4, -0.2) is 50.9 Å². The molecule has 0 unspecified atom stereocenters. The van der Waals surface area contributed by atoms with Crippen LogP contribution in [0.15, 0.2) is 27.8 Å². The Labute approximate surface area is 181 Å². The minimum Gasteiger partial charge on any atom is -0.368 e. The molecule has 4 rings (SSSR count). The van der Waals surface area contributed by atoms with Gasteiger partial charge < -0.3 is 14.8 Å². The van der Waals surface area contributed by atoms with E-state index >= 15 is 0 Å². The van der Waals surface area contributed by atoms with Gasteiger partial charge in [-0.2, -0.15) is 4.37 Å². The molecule has 1 aliphatic rings. The number of hydrogen-bond donors (Lipinski definition) is 1. The maximum atomic E-state index is 13.1. The molecule has 0 spiro atoms. The Kier molecular flexibility index (Phi) is 5.66. The first-order chi connectivity index (χ1) is 14.4. The quantitative estimate of drug-likeness (QED) is 0.663. The summed E-state index contributed by atoms with van der Waals surface area (Å²) in [5.74, 6) is -0.215. The van der Waals surface area contributed by atoms with Crippen molar-refractivity contribution in [2.45, 2.75) is 26.8 Å². The molecular formula is C20H22ClN5O3S. The number of hydrogen-bond acceptors (Lipinski definition) is 6. The van der Waals surface area contributed by atoms with E-state index in [-0.39, 0.29) is 16.9 Å². The Morgan fingerprint density at radius 3 is 2.67 bits per heavy atom. The molecule has 10 heteroatoms. The smallest absolute Gasteiger partial charge is 0.328 e. The lowest BCUT2D eigenvalue weighted by Gasteiger charge is -2.36. The molecule has 30 heavy (non-hydrogen) atoms. The normalized spacial score (nSPS) is 14.5. The van der Waals surface area contributed by atoms with Crippen molar-refractivity contribution < 1.29 is 4.79 Å². The summed E-state index contributed by atoms with van der Waals surface area (Å²) < 4.78 is 5.29. The van der Waals surface area contributed by atoms with Gasteiger partial charge in [-0.15, -0.1) is 0 Å². The first-order valence-corrected chi connectivity index (χ1v) is 11.0. The van der Waals surface area contributed by atoms with Gasteiger partial charge in [0.05, 0.1) is 5.52 Å². The molecule has 1 amide bonds. The molecule has 158 valence electrons. The van der Waals surface area contributed by atoms with Crippen LogP contribution in [0.3, 0.4) is 0 Å². The highest BCUT2D eigenvalue weighted by Gasteiger charge is 2.27. The molecule has 0 atom stereocenters. The fraction of sp³-hybridized carbons (Fsp3) is 0.400. The van der Waals surface area contributed by atoms with Crippen LogP contribution in [0.5, 0.6) is 0 Å². The number of rotatable bonds is 4. The number of carbonyl (C=O) groups is 1. The Bertz CT molecular complexity index is 1220. The maximum Gasteiger partial charge on any atom is 0.328 e. The number of benzene rings is 1. The maximum absolute atomic E-state index is 13.1. The molecule has 2 aromatic heterocycles. The zero-order valence-electron chi connectivity index (χ0n) is 16.8. The van der Waals surface area contributed by atoms with Crippen LogP contribution < -0.4 is 16.1 Å². The topological polar surface area (TPSA) is 91.3 Å². The molecule has 1 N–H and O–H groups in total. The number of halogens is 1. The lowest BCUT2D eigenvalue weighted by Crippen LogP contribution is -2.49. The minimum atomic E-state index is -0.509. The third kappa shape index (κ3) is 3.63. The fourth-order valence-corrected chi connectivity index (χ4v) is 4.70. The van der Waals surface area contributed by atoms with Crippen LogP contribution >= 0.6 is 23.1 Å². The van der Waals surface area contributed by atoms with Gasteiger partial charge in [0, 0.05) is 43.4 Å². The number of H-pyrrole nitrogens is 1. The number of amides is 1. The van der Waals surface area contributed by atoms with E-state index in [4.69, 9.17) is 11.6 Å². The number of aromatic amines is 1. The van der Waals surface area contributed by atoms with E-state index in [0.29, 0.717) is 49.0 Å². The third-order valence-electron chi connectivity index (χ3n) is 5.34. The molecular weight excluding hydrogens is 426 g/mol. The van der Waals surface area contributed by atoms with Crippen LogP contribution in [0.4, 0.5) is 5.69 Å². The molecule has 0 saturated carbocycles. The highest BCUT2D eigenvalue weighted by Crippen LogP contribution is 2.26. The van der Waals surface area contributed by atoms with E-state index in [2.05, 4.69) is 14.3 Å². The number of carbonyl (C=O) groups excluding carboxylic acids is 1. The molecule has 1 aromatic carbocycles.